The van der Waals surface area contributed by atoms with Crippen LogP contribution in [0.15, 0.2) is 29.4 Å². The molecule has 0 amide bonds. The zero-order chi connectivity index (χ0) is 11.1. The van der Waals surface area contributed by atoms with E-state index in [0.717, 1.165) is 0 Å². The fraction of sp³-hybridized carbons (Fsp3) is 0.500. The molecule has 0 aliphatic carbocycles. The number of aliphatic imine (C=N–C) groups is 1. The van der Waals surface area contributed by atoms with Gasteiger partial charge in [-0.3, -0.25) is 0 Å². The highest BCUT2D eigenvalue weighted by atomic mass is 35.5. The summed E-state index contributed by atoms with van der Waals surface area (Å²) in [4.78, 5) is 5.80. The maximum Gasteiger partial charge on any atom is 0.200 e. The summed E-state index contributed by atoms with van der Waals surface area (Å²) in [5.74, 6) is 0. The lowest BCUT2D eigenvalue weighted by Gasteiger charge is -2.23. The second-order valence-electron chi connectivity index (χ2n) is 2.82. The van der Waals surface area contributed by atoms with E-state index in [0.29, 0.717) is 11.0 Å². The van der Waals surface area contributed by atoms with Crippen molar-refractivity contribution in [3.63, 3.8) is 0 Å². The molecule has 3 nitrogen and oxygen atoms in total. The predicted octanol–water partition coefficient (Wildman–Crippen LogP) is 2.60. The Kier molecular flexibility index (Phi) is 6.25. The maximum atomic E-state index is 5.94. The van der Waals surface area contributed by atoms with E-state index in [9.17, 15) is 0 Å². The van der Waals surface area contributed by atoms with Crippen LogP contribution < -0.4 is 0 Å². The van der Waals surface area contributed by atoms with Crippen LogP contribution in [0.4, 0.5) is 0 Å². The number of nitrogens with zero attached hydrogens (tertiary/aromatic N) is 2. The lowest BCUT2D eigenvalue weighted by atomic mass is 10.4. The molecule has 0 spiro atoms. The van der Waals surface area contributed by atoms with Crippen molar-refractivity contribution >= 4 is 16.9 Å². The third kappa shape index (κ3) is 4.44. The molecule has 0 aromatic carbocycles. The normalized spacial score (nSPS) is 14.5. The van der Waals surface area contributed by atoms with Crippen molar-refractivity contribution in [2.24, 2.45) is 4.99 Å². The van der Waals surface area contributed by atoms with Crippen LogP contribution in [0, 0.1) is 0 Å². The first-order valence-electron chi connectivity index (χ1n) is 4.34. The van der Waals surface area contributed by atoms with E-state index < -0.39 is 0 Å². The lowest BCUT2D eigenvalue weighted by molar-refractivity contribution is 0.0365. The molecule has 0 radical (unpaired) electrons. The molecule has 1 unspecified atom stereocenters. The number of amidine groups is 1. The molecule has 4 heteroatoms. The van der Waals surface area contributed by atoms with Crippen molar-refractivity contribution in [1.82, 2.24) is 4.90 Å². The topological polar surface area (TPSA) is 24.8 Å². The van der Waals surface area contributed by atoms with Gasteiger partial charge in [0.1, 0.15) is 6.23 Å². The molecule has 0 aliphatic rings. The van der Waals surface area contributed by atoms with Crippen molar-refractivity contribution < 1.29 is 4.74 Å². The highest BCUT2D eigenvalue weighted by molar-refractivity contribution is 6.64. The van der Waals surface area contributed by atoms with Gasteiger partial charge < -0.3 is 9.64 Å². The Hall–Kier alpha value is -0.800. The fourth-order valence-corrected chi connectivity index (χ4v) is 0.981. The molecule has 14 heavy (non-hydrogen) atoms. The highest BCUT2D eigenvalue weighted by Gasteiger charge is 2.10. The SMILES string of the molecule is C=C(/C=C\C)N=C(Cl)N(C)C(C)OC. The van der Waals surface area contributed by atoms with E-state index in [2.05, 4.69) is 11.6 Å². The Bertz CT molecular complexity index is 249. The number of hydrogen-bond donors (Lipinski definition) is 0. The predicted molar refractivity (Wildman–Crippen MR) is 61.5 cm³/mol. The number of ether oxygens (including phenoxy) is 1. The Morgan fingerprint density at radius 3 is 2.64 bits per heavy atom. The smallest absolute Gasteiger partial charge is 0.200 e. The second-order valence-corrected chi connectivity index (χ2v) is 3.16. The van der Waals surface area contributed by atoms with Gasteiger partial charge in [0, 0.05) is 14.2 Å². The number of rotatable bonds is 4. The zero-order valence-corrected chi connectivity index (χ0v) is 9.88. The van der Waals surface area contributed by atoms with Crippen LogP contribution in [0.2, 0.25) is 0 Å². The largest absolute Gasteiger partial charge is 0.362 e. The molecule has 0 aromatic rings. The molecule has 0 aliphatic heterocycles. The Labute approximate surface area is 90.7 Å². The number of methoxy groups -OCH3 is 1. The van der Waals surface area contributed by atoms with Crippen LogP contribution in [0.5, 0.6) is 0 Å². The van der Waals surface area contributed by atoms with Crippen molar-refractivity contribution in [3.8, 4) is 0 Å². The van der Waals surface area contributed by atoms with E-state index >= 15 is 0 Å². The number of allylic oxidation sites excluding steroid dienone is 2. The first kappa shape index (κ1) is 13.2. The average Bonchev–Trinajstić information content (AvgIpc) is 2.15. The van der Waals surface area contributed by atoms with Gasteiger partial charge in [-0.1, -0.05) is 12.7 Å². The molecule has 0 saturated heterocycles. The van der Waals surface area contributed by atoms with E-state index in [-0.39, 0.29) is 6.23 Å². The van der Waals surface area contributed by atoms with Crippen molar-refractivity contribution in [2.75, 3.05) is 14.2 Å². The van der Waals surface area contributed by atoms with E-state index in [1.165, 1.54) is 0 Å². The summed E-state index contributed by atoms with van der Waals surface area (Å²) in [5.41, 5.74) is 0.618. The molecule has 0 N–H and O–H groups in total. The second kappa shape index (κ2) is 6.62. The fourth-order valence-electron chi connectivity index (χ4n) is 0.735. The van der Waals surface area contributed by atoms with Crippen molar-refractivity contribution in [2.45, 2.75) is 20.1 Å². The maximum absolute atomic E-state index is 5.94. The summed E-state index contributed by atoms with van der Waals surface area (Å²) in [6.07, 6.45) is 3.54. The minimum atomic E-state index is -0.107. The quantitative estimate of drug-likeness (QED) is 0.237. The Morgan fingerprint density at radius 1 is 1.64 bits per heavy atom. The number of hydrogen-bond acceptors (Lipinski definition) is 2. The molecule has 0 bridgehead atoms. The minimum absolute atomic E-state index is 0.107. The van der Waals surface area contributed by atoms with E-state index in [4.69, 9.17) is 16.3 Å². The molecule has 0 heterocycles. The first-order valence-corrected chi connectivity index (χ1v) is 4.72. The molecule has 0 rings (SSSR count). The zero-order valence-electron chi connectivity index (χ0n) is 9.12. The standard InChI is InChI=1S/C10H17ClN2O/c1-6-7-8(2)12-10(11)13(4)9(3)14-5/h6-7,9H,2H2,1,3-5H3/b7-6-,12-10?. The molecular formula is C10H17ClN2O. The van der Waals surface area contributed by atoms with Crippen LogP contribution in [0.3, 0.4) is 0 Å². The van der Waals surface area contributed by atoms with Gasteiger partial charge in [-0.15, -0.1) is 0 Å². The summed E-state index contributed by atoms with van der Waals surface area (Å²) in [6, 6.07) is 0. The van der Waals surface area contributed by atoms with Gasteiger partial charge in [0.15, 0.2) is 0 Å². The molecular weight excluding hydrogens is 200 g/mol. The average molecular weight is 217 g/mol. The Balaban J connectivity index is 4.44. The third-order valence-electron chi connectivity index (χ3n) is 1.77. The van der Waals surface area contributed by atoms with Gasteiger partial charge in [0.25, 0.3) is 0 Å². The van der Waals surface area contributed by atoms with E-state index in [1.807, 2.05) is 27.0 Å². The van der Waals surface area contributed by atoms with Gasteiger partial charge in [-0.25, -0.2) is 4.99 Å². The van der Waals surface area contributed by atoms with Gasteiger partial charge >= 0.3 is 0 Å². The van der Waals surface area contributed by atoms with Gasteiger partial charge in [-0.2, -0.15) is 0 Å². The lowest BCUT2D eigenvalue weighted by Crippen LogP contribution is -2.33. The summed E-state index contributed by atoms with van der Waals surface area (Å²) >= 11 is 5.94. The van der Waals surface area contributed by atoms with Gasteiger partial charge in [0.05, 0.1) is 5.70 Å². The Morgan fingerprint density at radius 2 is 2.21 bits per heavy atom. The first-order chi connectivity index (χ1) is 6.52. The molecule has 0 saturated carbocycles. The highest BCUT2D eigenvalue weighted by Crippen LogP contribution is 2.05. The summed E-state index contributed by atoms with van der Waals surface area (Å²) in [5, 5.41) is 0.363. The molecule has 0 fully saturated rings. The minimum Gasteiger partial charge on any atom is -0.362 e. The summed E-state index contributed by atoms with van der Waals surface area (Å²) in [6.45, 7) is 7.51. The van der Waals surface area contributed by atoms with Crippen molar-refractivity contribution in [3.05, 3.63) is 24.4 Å². The van der Waals surface area contributed by atoms with Crippen LogP contribution in [0.25, 0.3) is 0 Å². The van der Waals surface area contributed by atoms with E-state index in [1.54, 1.807) is 18.1 Å². The van der Waals surface area contributed by atoms with Crippen LogP contribution in [-0.4, -0.2) is 30.6 Å². The van der Waals surface area contributed by atoms with Crippen LogP contribution >= 0.6 is 11.6 Å². The molecule has 0 aromatic heterocycles. The molecule has 80 valence electrons. The van der Waals surface area contributed by atoms with Crippen LogP contribution in [0.1, 0.15) is 13.8 Å². The van der Waals surface area contributed by atoms with Crippen molar-refractivity contribution in [1.29, 1.82) is 0 Å². The van der Waals surface area contributed by atoms with Gasteiger partial charge in [0.2, 0.25) is 5.29 Å². The summed E-state index contributed by atoms with van der Waals surface area (Å²) in [7, 11) is 3.43. The number of halogens is 1. The van der Waals surface area contributed by atoms with Crippen LogP contribution in [-0.2, 0) is 4.74 Å². The third-order valence-corrected chi connectivity index (χ3v) is 2.12. The molecule has 1 atom stereocenters. The van der Waals surface area contributed by atoms with Gasteiger partial charge in [-0.05, 0) is 31.5 Å². The summed E-state index contributed by atoms with van der Waals surface area (Å²) < 4.78 is 5.09. The monoisotopic (exact) mass is 216 g/mol.